The predicted octanol–water partition coefficient (Wildman–Crippen LogP) is 3.49. The highest BCUT2D eigenvalue weighted by Gasteiger charge is 2.37. The number of amides is 2. The van der Waals surface area contributed by atoms with E-state index in [-0.39, 0.29) is 24.4 Å². The standard InChI is InChI=1S/C26H34F6N4O3/c27-25(28,29)20-13-19(14-21(15-20)26(30,31)32)24(38)33-16-18-1-7-36(8-2-18)23(37)17-34-5-3-22(4-6-34)35-9-11-39-12-10-35/h13-15,18,22H,1-12,16-17H2,(H,33,38). The quantitative estimate of drug-likeness (QED) is 0.537. The highest BCUT2D eigenvalue weighted by Crippen LogP contribution is 2.36. The number of hydrogen-bond acceptors (Lipinski definition) is 5. The molecule has 0 aliphatic carbocycles. The predicted molar refractivity (Wildman–Crippen MR) is 130 cm³/mol. The van der Waals surface area contributed by atoms with Gasteiger partial charge in [0.1, 0.15) is 0 Å². The molecule has 2 amide bonds. The summed E-state index contributed by atoms with van der Waals surface area (Å²) in [6.07, 6.45) is -6.83. The first-order valence-corrected chi connectivity index (χ1v) is 13.3. The van der Waals surface area contributed by atoms with Crippen LogP contribution in [0.4, 0.5) is 26.3 Å². The van der Waals surface area contributed by atoms with E-state index in [2.05, 4.69) is 15.1 Å². The Hall–Kier alpha value is -2.38. The number of benzene rings is 1. The van der Waals surface area contributed by atoms with Gasteiger partial charge in [-0.2, -0.15) is 26.3 Å². The van der Waals surface area contributed by atoms with E-state index in [0.29, 0.717) is 50.7 Å². The van der Waals surface area contributed by atoms with Gasteiger partial charge in [-0.3, -0.25) is 19.4 Å². The lowest BCUT2D eigenvalue weighted by Crippen LogP contribution is -2.51. The van der Waals surface area contributed by atoms with Crippen molar-refractivity contribution in [2.75, 3.05) is 65.6 Å². The van der Waals surface area contributed by atoms with Gasteiger partial charge in [-0.25, -0.2) is 0 Å². The maximum atomic E-state index is 13.1. The van der Waals surface area contributed by atoms with E-state index in [0.717, 1.165) is 52.2 Å². The molecule has 1 N–H and O–H groups in total. The first-order chi connectivity index (χ1) is 18.4. The number of morpholine rings is 1. The molecule has 0 atom stereocenters. The fraction of sp³-hybridized carbons (Fsp3) is 0.692. The van der Waals surface area contributed by atoms with Crippen molar-refractivity contribution < 1.29 is 40.7 Å². The zero-order valence-electron chi connectivity index (χ0n) is 21.6. The largest absolute Gasteiger partial charge is 0.416 e. The fourth-order valence-electron chi connectivity index (χ4n) is 5.49. The molecule has 0 spiro atoms. The summed E-state index contributed by atoms with van der Waals surface area (Å²) in [6.45, 7) is 6.61. The minimum Gasteiger partial charge on any atom is -0.379 e. The molecule has 0 aromatic heterocycles. The van der Waals surface area contributed by atoms with Crippen LogP contribution in [0.5, 0.6) is 0 Å². The number of carbonyl (C=O) groups excluding carboxylic acids is 2. The number of carbonyl (C=O) groups is 2. The number of nitrogens with one attached hydrogen (secondary N) is 1. The molecule has 0 unspecified atom stereocenters. The third-order valence-corrected chi connectivity index (χ3v) is 7.85. The lowest BCUT2D eigenvalue weighted by molar-refractivity contribution is -0.143. The lowest BCUT2D eigenvalue weighted by Gasteiger charge is -2.40. The van der Waals surface area contributed by atoms with Gasteiger partial charge in [-0.1, -0.05) is 0 Å². The monoisotopic (exact) mass is 564 g/mol. The molecule has 1 aromatic carbocycles. The van der Waals surface area contributed by atoms with E-state index < -0.39 is 35.0 Å². The summed E-state index contributed by atoms with van der Waals surface area (Å²) in [6, 6.07) is 1.38. The smallest absolute Gasteiger partial charge is 0.379 e. The number of ether oxygens (including phenoxy) is 1. The Kier molecular flexibility index (Phi) is 9.43. The van der Waals surface area contributed by atoms with Gasteiger partial charge in [0.25, 0.3) is 5.91 Å². The molecule has 3 aliphatic rings. The summed E-state index contributed by atoms with van der Waals surface area (Å²) < 4.78 is 83.9. The Balaban J connectivity index is 1.21. The van der Waals surface area contributed by atoms with Crippen molar-refractivity contribution in [2.45, 2.75) is 44.1 Å². The van der Waals surface area contributed by atoms with Crippen molar-refractivity contribution in [3.8, 4) is 0 Å². The number of piperidine rings is 2. The fourth-order valence-corrected chi connectivity index (χ4v) is 5.49. The van der Waals surface area contributed by atoms with Crippen LogP contribution in [0.3, 0.4) is 0 Å². The molecule has 0 bridgehead atoms. The summed E-state index contributed by atoms with van der Waals surface area (Å²) in [7, 11) is 0. The summed E-state index contributed by atoms with van der Waals surface area (Å²) in [4.78, 5) is 31.7. The summed E-state index contributed by atoms with van der Waals surface area (Å²) in [5.41, 5.74) is -3.75. The van der Waals surface area contributed by atoms with Crippen LogP contribution in [-0.4, -0.2) is 98.1 Å². The van der Waals surface area contributed by atoms with Crippen molar-refractivity contribution in [3.05, 3.63) is 34.9 Å². The molecular formula is C26H34F6N4O3. The van der Waals surface area contributed by atoms with E-state index in [1.807, 2.05) is 0 Å². The molecule has 3 fully saturated rings. The minimum atomic E-state index is -5.02. The van der Waals surface area contributed by atoms with E-state index in [1.165, 1.54) is 0 Å². The number of likely N-dealkylation sites (tertiary alicyclic amines) is 2. The summed E-state index contributed by atoms with van der Waals surface area (Å²) in [5.74, 6) is -0.980. The lowest BCUT2D eigenvalue weighted by atomic mass is 9.96. The second kappa shape index (κ2) is 12.4. The number of nitrogens with zero attached hydrogens (tertiary/aromatic N) is 3. The van der Waals surface area contributed by atoms with Crippen LogP contribution >= 0.6 is 0 Å². The third-order valence-electron chi connectivity index (χ3n) is 7.85. The van der Waals surface area contributed by atoms with Crippen LogP contribution in [-0.2, 0) is 21.9 Å². The zero-order valence-corrected chi connectivity index (χ0v) is 21.6. The second-order valence-electron chi connectivity index (χ2n) is 10.5. The van der Waals surface area contributed by atoms with E-state index in [1.54, 1.807) is 4.90 Å². The zero-order chi connectivity index (χ0) is 28.2. The molecule has 3 aliphatic heterocycles. The molecule has 13 heteroatoms. The van der Waals surface area contributed by atoms with Gasteiger partial charge in [-0.15, -0.1) is 0 Å². The molecule has 3 saturated heterocycles. The Labute approximate surface area is 223 Å². The first-order valence-electron chi connectivity index (χ1n) is 13.3. The van der Waals surface area contributed by atoms with Gasteiger partial charge in [0, 0.05) is 57.4 Å². The normalized spacial score (nSPS) is 21.2. The highest BCUT2D eigenvalue weighted by atomic mass is 19.4. The molecule has 218 valence electrons. The Morgan fingerprint density at radius 2 is 1.38 bits per heavy atom. The molecular weight excluding hydrogens is 530 g/mol. The number of hydrogen-bond donors (Lipinski definition) is 1. The van der Waals surface area contributed by atoms with Gasteiger partial charge >= 0.3 is 12.4 Å². The van der Waals surface area contributed by atoms with Crippen LogP contribution in [0, 0.1) is 5.92 Å². The van der Waals surface area contributed by atoms with Crippen LogP contribution in [0.2, 0.25) is 0 Å². The van der Waals surface area contributed by atoms with Gasteiger partial charge in [-0.05, 0) is 49.8 Å². The highest BCUT2D eigenvalue weighted by molar-refractivity contribution is 5.94. The maximum Gasteiger partial charge on any atom is 0.416 e. The van der Waals surface area contributed by atoms with Gasteiger partial charge < -0.3 is 15.0 Å². The molecule has 0 saturated carbocycles. The van der Waals surface area contributed by atoms with Crippen LogP contribution in [0.15, 0.2) is 18.2 Å². The van der Waals surface area contributed by atoms with Crippen molar-refractivity contribution in [3.63, 3.8) is 0 Å². The molecule has 4 rings (SSSR count). The van der Waals surface area contributed by atoms with E-state index in [4.69, 9.17) is 4.74 Å². The molecule has 3 heterocycles. The van der Waals surface area contributed by atoms with Crippen molar-refractivity contribution in [1.29, 1.82) is 0 Å². The Morgan fingerprint density at radius 1 is 0.821 bits per heavy atom. The maximum absolute atomic E-state index is 13.1. The average Bonchev–Trinajstić information content (AvgIpc) is 2.91. The van der Waals surface area contributed by atoms with Crippen molar-refractivity contribution in [2.24, 2.45) is 5.92 Å². The summed E-state index contributed by atoms with van der Waals surface area (Å²) in [5, 5.41) is 2.47. The van der Waals surface area contributed by atoms with E-state index >= 15 is 0 Å². The van der Waals surface area contributed by atoms with E-state index in [9.17, 15) is 35.9 Å². The third kappa shape index (κ3) is 8.07. The van der Waals surface area contributed by atoms with Crippen LogP contribution < -0.4 is 5.32 Å². The summed E-state index contributed by atoms with van der Waals surface area (Å²) >= 11 is 0. The van der Waals surface area contributed by atoms with Crippen molar-refractivity contribution >= 4 is 11.8 Å². The van der Waals surface area contributed by atoms with Gasteiger partial charge in [0.2, 0.25) is 5.91 Å². The number of alkyl halides is 6. The van der Waals surface area contributed by atoms with Crippen molar-refractivity contribution in [1.82, 2.24) is 20.0 Å². The SMILES string of the molecule is O=C(NCC1CCN(C(=O)CN2CCC(N3CCOCC3)CC2)CC1)c1cc(C(F)(F)F)cc(C(F)(F)F)c1. The van der Waals surface area contributed by atoms with Crippen LogP contribution in [0.25, 0.3) is 0 Å². The van der Waals surface area contributed by atoms with Gasteiger partial charge in [0.15, 0.2) is 0 Å². The number of rotatable bonds is 6. The van der Waals surface area contributed by atoms with Gasteiger partial charge in [0.05, 0.1) is 30.9 Å². The minimum absolute atomic E-state index is 0.00410. The van der Waals surface area contributed by atoms with Crippen LogP contribution in [0.1, 0.15) is 47.2 Å². The molecule has 1 aromatic rings. The average molecular weight is 565 g/mol. The molecule has 39 heavy (non-hydrogen) atoms. The topological polar surface area (TPSA) is 65.1 Å². The number of halogens is 6. The Bertz CT molecular complexity index is 964. The second-order valence-corrected chi connectivity index (χ2v) is 10.5. The Morgan fingerprint density at radius 3 is 1.92 bits per heavy atom. The molecule has 0 radical (unpaired) electrons. The first kappa shape index (κ1) is 29.6. The molecule has 7 nitrogen and oxygen atoms in total.